The molecule has 0 saturated heterocycles. The zero-order valence-corrected chi connectivity index (χ0v) is 12.7. The molecule has 0 fully saturated rings. The van der Waals surface area contributed by atoms with Gasteiger partial charge >= 0.3 is 0 Å². The average Bonchev–Trinajstić information content (AvgIpc) is 2.73. The Morgan fingerprint density at radius 2 is 1.23 bits per heavy atom. The summed E-state index contributed by atoms with van der Waals surface area (Å²) in [5.74, 6) is 0. The molecule has 0 N–H and O–H groups in total. The fraction of sp³-hybridized carbons (Fsp3) is 0.0500. The minimum atomic E-state index is 0.672. The van der Waals surface area contributed by atoms with E-state index in [9.17, 15) is 0 Å². The summed E-state index contributed by atoms with van der Waals surface area (Å²) >= 11 is 6.41. The molecule has 0 radical (unpaired) electrons. The van der Waals surface area contributed by atoms with Crippen molar-refractivity contribution in [1.82, 2.24) is 0 Å². The van der Waals surface area contributed by atoms with E-state index in [4.69, 9.17) is 16.6 Å². The summed E-state index contributed by atoms with van der Waals surface area (Å²) in [6.07, 6.45) is 0. The van der Waals surface area contributed by atoms with Crippen LogP contribution in [0.3, 0.4) is 0 Å². The van der Waals surface area contributed by atoms with E-state index in [1.807, 2.05) is 24.3 Å². The molecule has 0 aromatic heterocycles. The number of hydrogen-bond donors (Lipinski definition) is 0. The zero-order chi connectivity index (χ0) is 14.9. The van der Waals surface area contributed by atoms with Gasteiger partial charge in [0.25, 0.3) is 0 Å². The van der Waals surface area contributed by atoms with Crippen molar-refractivity contribution >= 4 is 17.3 Å². The SMILES string of the molecule is Clc1ccccc1C1=NCc2ccccc2-c2ccccc21. The Morgan fingerprint density at radius 1 is 0.636 bits per heavy atom. The Kier molecular flexibility index (Phi) is 3.28. The van der Waals surface area contributed by atoms with Crippen LogP contribution in [-0.4, -0.2) is 5.71 Å². The highest BCUT2D eigenvalue weighted by molar-refractivity contribution is 6.35. The zero-order valence-electron chi connectivity index (χ0n) is 12.0. The first-order chi connectivity index (χ1) is 10.8. The summed E-state index contributed by atoms with van der Waals surface area (Å²) in [4.78, 5) is 4.87. The van der Waals surface area contributed by atoms with Gasteiger partial charge in [0, 0.05) is 16.1 Å². The molecular weight excluding hydrogens is 290 g/mol. The lowest BCUT2D eigenvalue weighted by Gasteiger charge is -2.12. The first-order valence-electron chi connectivity index (χ1n) is 7.31. The highest BCUT2D eigenvalue weighted by atomic mass is 35.5. The van der Waals surface area contributed by atoms with Crippen LogP contribution in [0.2, 0.25) is 5.02 Å². The lowest BCUT2D eigenvalue weighted by atomic mass is 9.92. The fourth-order valence-electron chi connectivity index (χ4n) is 2.98. The number of halogens is 1. The number of hydrogen-bond acceptors (Lipinski definition) is 1. The van der Waals surface area contributed by atoms with Crippen LogP contribution in [0, 0.1) is 0 Å². The Hall–Kier alpha value is -2.38. The van der Waals surface area contributed by atoms with Gasteiger partial charge in [-0.1, -0.05) is 78.3 Å². The molecular formula is C20H14ClN. The normalized spacial score (nSPS) is 12.9. The summed E-state index contributed by atoms with van der Waals surface area (Å²) in [5.41, 5.74) is 6.82. The third kappa shape index (κ3) is 2.15. The van der Waals surface area contributed by atoms with Gasteiger partial charge < -0.3 is 0 Å². The van der Waals surface area contributed by atoms with E-state index < -0.39 is 0 Å². The molecule has 0 aliphatic carbocycles. The highest BCUT2D eigenvalue weighted by Crippen LogP contribution is 2.33. The van der Waals surface area contributed by atoms with E-state index in [0.29, 0.717) is 6.54 Å². The van der Waals surface area contributed by atoms with Crippen LogP contribution in [0.5, 0.6) is 0 Å². The first-order valence-corrected chi connectivity index (χ1v) is 7.69. The van der Waals surface area contributed by atoms with Gasteiger partial charge in [0.15, 0.2) is 0 Å². The largest absolute Gasteiger partial charge is 0.279 e. The van der Waals surface area contributed by atoms with Gasteiger partial charge in [0.05, 0.1) is 12.3 Å². The first kappa shape index (κ1) is 13.3. The summed E-state index contributed by atoms with van der Waals surface area (Å²) in [6.45, 7) is 0.672. The van der Waals surface area contributed by atoms with Crippen LogP contribution in [-0.2, 0) is 6.54 Å². The molecule has 3 aromatic rings. The molecule has 2 heteroatoms. The summed E-state index contributed by atoms with van der Waals surface area (Å²) in [5, 5.41) is 0.738. The van der Waals surface area contributed by atoms with Crippen LogP contribution < -0.4 is 0 Å². The van der Waals surface area contributed by atoms with Crippen molar-refractivity contribution in [3.63, 3.8) is 0 Å². The molecule has 22 heavy (non-hydrogen) atoms. The maximum absolute atomic E-state index is 6.41. The van der Waals surface area contributed by atoms with Gasteiger partial charge in [-0.2, -0.15) is 0 Å². The third-order valence-corrected chi connectivity index (χ3v) is 4.36. The number of nitrogens with zero attached hydrogens (tertiary/aromatic N) is 1. The molecule has 0 bridgehead atoms. The maximum Gasteiger partial charge on any atom is 0.0744 e. The van der Waals surface area contributed by atoms with Crippen molar-refractivity contribution < 1.29 is 0 Å². The second-order valence-corrected chi connectivity index (χ2v) is 5.75. The van der Waals surface area contributed by atoms with E-state index in [2.05, 4.69) is 48.5 Å². The molecule has 0 atom stereocenters. The Morgan fingerprint density at radius 3 is 2.00 bits per heavy atom. The van der Waals surface area contributed by atoms with Crippen LogP contribution >= 0.6 is 11.6 Å². The molecule has 1 aliphatic rings. The van der Waals surface area contributed by atoms with E-state index in [1.54, 1.807) is 0 Å². The van der Waals surface area contributed by atoms with Gasteiger partial charge in [-0.05, 0) is 22.8 Å². The van der Waals surface area contributed by atoms with Crippen LogP contribution in [0.25, 0.3) is 11.1 Å². The molecule has 4 rings (SSSR count). The van der Waals surface area contributed by atoms with E-state index in [1.165, 1.54) is 16.7 Å². The van der Waals surface area contributed by atoms with Crippen molar-refractivity contribution in [3.05, 3.63) is 94.5 Å². The minimum Gasteiger partial charge on any atom is -0.279 e. The molecule has 1 nitrogen and oxygen atoms in total. The average molecular weight is 304 g/mol. The van der Waals surface area contributed by atoms with E-state index in [-0.39, 0.29) is 0 Å². The number of aliphatic imine (C=N–C) groups is 1. The van der Waals surface area contributed by atoms with Gasteiger partial charge in [0.1, 0.15) is 0 Å². The molecule has 0 saturated carbocycles. The van der Waals surface area contributed by atoms with Crippen molar-refractivity contribution in [3.8, 4) is 11.1 Å². The Bertz CT molecular complexity index is 880. The Balaban J connectivity index is 2.00. The standard InChI is InChI=1S/C20H14ClN/c21-19-12-6-5-11-18(19)20-17-10-4-3-9-16(17)15-8-2-1-7-14(15)13-22-20/h1-12H,13H2. The monoisotopic (exact) mass is 303 g/mol. The predicted octanol–water partition coefficient (Wildman–Crippen LogP) is 5.36. The van der Waals surface area contributed by atoms with Crippen molar-refractivity contribution in [2.45, 2.75) is 6.54 Å². The van der Waals surface area contributed by atoms with Crippen molar-refractivity contribution in [1.29, 1.82) is 0 Å². The number of rotatable bonds is 1. The smallest absolute Gasteiger partial charge is 0.0744 e. The summed E-state index contributed by atoms with van der Waals surface area (Å²) in [6, 6.07) is 24.8. The van der Waals surface area contributed by atoms with Crippen LogP contribution in [0.1, 0.15) is 16.7 Å². The van der Waals surface area contributed by atoms with Crippen LogP contribution in [0.15, 0.2) is 77.8 Å². The van der Waals surface area contributed by atoms with Crippen molar-refractivity contribution in [2.24, 2.45) is 4.99 Å². The minimum absolute atomic E-state index is 0.672. The summed E-state index contributed by atoms with van der Waals surface area (Å²) < 4.78 is 0. The Labute approximate surface area is 134 Å². The number of benzene rings is 3. The van der Waals surface area contributed by atoms with Crippen molar-refractivity contribution in [2.75, 3.05) is 0 Å². The van der Waals surface area contributed by atoms with E-state index in [0.717, 1.165) is 21.9 Å². The second kappa shape index (κ2) is 5.43. The lowest BCUT2D eigenvalue weighted by Crippen LogP contribution is -2.05. The quantitative estimate of drug-likeness (QED) is 0.574. The molecule has 0 unspecified atom stereocenters. The molecule has 0 amide bonds. The molecule has 3 aromatic carbocycles. The molecule has 1 heterocycles. The summed E-state index contributed by atoms with van der Waals surface area (Å²) in [7, 11) is 0. The topological polar surface area (TPSA) is 12.4 Å². The van der Waals surface area contributed by atoms with Gasteiger partial charge in [-0.15, -0.1) is 0 Å². The van der Waals surface area contributed by atoms with E-state index >= 15 is 0 Å². The van der Waals surface area contributed by atoms with Gasteiger partial charge in [-0.3, -0.25) is 4.99 Å². The van der Waals surface area contributed by atoms with Gasteiger partial charge in [-0.25, -0.2) is 0 Å². The molecule has 106 valence electrons. The van der Waals surface area contributed by atoms with Gasteiger partial charge in [0.2, 0.25) is 0 Å². The van der Waals surface area contributed by atoms with Crippen LogP contribution in [0.4, 0.5) is 0 Å². The molecule has 0 spiro atoms. The third-order valence-electron chi connectivity index (χ3n) is 4.03. The maximum atomic E-state index is 6.41. The number of fused-ring (bicyclic) bond motifs is 3. The lowest BCUT2D eigenvalue weighted by molar-refractivity contribution is 1.08. The fourth-order valence-corrected chi connectivity index (χ4v) is 3.20. The molecule has 1 aliphatic heterocycles. The second-order valence-electron chi connectivity index (χ2n) is 5.35. The predicted molar refractivity (Wildman–Crippen MR) is 92.7 cm³/mol. The highest BCUT2D eigenvalue weighted by Gasteiger charge is 2.19.